The summed E-state index contributed by atoms with van der Waals surface area (Å²) in [4.78, 5) is 11.2. The topological polar surface area (TPSA) is 37.3 Å². The first-order chi connectivity index (χ1) is 8.52. The second kappa shape index (κ2) is 5.25. The van der Waals surface area contributed by atoms with Gasteiger partial charge >= 0.3 is 18.0 Å². The molecule has 0 bridgehead atoms. The van der Waals surface area contributed by atoms with Crippen molar-refractivity contribution < 1.29 is 40.6 Å². The lowest BCUT2D eigenvalue weighted by atomic mass is 9.89. The monoisotopic (exact) mass is 310 g/mol. The van der Waals surface area contributed by atoms with Gasteiger partial charge in [-0.15, -0.1) is 0 Å². The van der Waals surface area contributed by atoms with E-state index in [2.05, 4.69) is 0 Å². The van der Waals surface area contributed by atoms with Crippen LogP contribution in [0.3, 0.4) is 0 Å². The highest BCUT2D eigenvalue weighted by Gasteiger charge is 2.74. The number of ketones is 1. The van der Waals surface area contributed by atoms with Gasteiger partial charge < -0.3 is 5.11 Å². The molecule has 0 radical (unpaired) electrons. The Hall–Kier alpha value is -1.28. The molecule has 0 aliphatic heterocycles. The Labute approximate surface area is 110 Å². The predicted molar refractivity (Wildman–Crippen MR) is 55.7 cm³/mol. The number of aliphatic hydroxyl groups excluding tert-OH is 1. The van der Waals surface area contributed by atoms with Gasteiger partial charge in [-0.1, -0.05) is 20.8 Å². The highest BCUT2D eigenvalue weighted by Crippen LogP contribution is 2.49. The molecular weight excluding hydrogens is 297 g/mol. The fraction of sp³-hybridized carbons (Fsp3) is 0.727. The molecule has 0 rings (SSSR count). The minimum Gasteiger partial charge on any atom is -0.506 e. The molecule has 0 heterocycles. The van der Waals surface area contributed by atoms with Crippen LogP contribution < -0.4 is 0 Å². The van der Waals surface area contributed by atoms with Gasteiger partial charge in [0.05, 0.1) is 0 Å². The summed E-state index contributed by atoms with van der Waals surface area (Å²) in [6.45, 7) is 4.54. The molecule has 0 spiro atoms. The number of aliphatic hydroxyl groups is 1. The van der Waals surface area contributed by atoms with Gasteiger partial charge in [-0.05, 0) is 5.41 Å². The molecule has 0 aromatic heterocycles. The van der Waals surface area contributed by atoms with Crippen LogP contribution in [0, 0.1) is 5.41 Å². The maximum absolute atomic E-state index is 12.9. The van der Waals surface area contributed by atoms with Gasteiger partial charge in [0.1, 0.15) is 0 Å². The Kier molecular flexibility index (Phi) is 4.91. The quantitative estimate of drug-likeness (QED) is 0.478. The highest BCUT2D eigenvalue weighted by molar-refractivity contribution is 5.90. The van der Waals surface area contributed by atoms with Crippen molar-refractivity contribution in [3.05, 3.63) is 11.8 Å². The van der Waals surface area contributed by atoms with Crippen LogP contribution in [-0.4, -0.2) is 28.9 Å². The van der Waals surface area contributed by atoms with E-state index in [0.29, 0.717) is 0 Å². The Balaban J connectivity index is 5.37. The number of hydrogen-bond acceptors (Lipinski definition) is 2. The molecule has 0 atom stereocenters. The molecule has 0 aliphatic rings. The molecule has 0 fully saturated rings. The number of rotatable bonds is 4. The zero-order valence-electron chi connectivity index (χ0n) is 10.8. The Morgan fingerprint density at radius 2 is 1.40 bits per heavy atom. The average molecular weight is 310 g/mol. The molecule has 20 heavy (non-hydrogen) atoms. The molecule has 0 aliphatic carbocycles. The number of carbonyl (C=O) groups is 1. The first-order valence-electron chi connectivity index (χ1n) is 5.29. The van der Waals surface area contributed by atoms with E-state index in [1.165, 1.54) is 20.8 Å². The molecule has 0 amide bonds. The summed E-state index contributed by atoms with van der Waals surface area (Å²) < 4.78 is 86.5. The maximum atomic E-state index is 12.9. The number of alkyl halides is 7. The predicted octanol–water partition coefficient (Wildman–Crippen LogP) is 4.27. The molecule has 0 unspecified atom stereocenters. The second-order valence-corrected chi connectivity index (χ2v) is 5.38. The largest absolute Gasteiger partial charge is 0.506 e. The second-order valence-electron chi connectivity index (χ2n) is 5.38. The molecule has 0 aromatic rings. The van der Waals surface area contributed by atoms with Crippen LogP contribution >= 0.6 is 0 Å². The maximum Gasteiger partial charge on any atom is 0.460 e. The smallest absolute Gasteiger partial charge is 0.460 e. The van der Waals surface area contributed by atoms with E-state index in [1.807, 2.05) is 0 Å². The van der Waals surface area contributed by atoms with Crippen LogP contribution in [0.15, 0.2) is 11.8 Å². The standard InChI is InChI=1S/C11H13F7O2/c1-8(2,3)5-6(19)4-7(20)9(12,13)10(14,15)11(16,17)18/h4,20H,5H2,1-3H3/b7-4-. The Morgan fingerprint density at radius 3 is 1.70 bits per heavy atom. The van der Waals surface area contributed by atoms with Crippen molar-refractivity contribution in [1.29, 1.82) is 0 Å². The van der Waals surface area contributed by atoms with Gasteiger partial charge in [-0.3, -0.25) is 4.79 Å². The van der Waals surface area contributed by atoms with Crippen LogP contribution in [0.1, 0.15) is 27.2 Å². The first kappa shape index (κ1) is 18.7. The minimum absolute atomic E-state index is 0.301. The van der Waals surface area contributed by atoms with E-state index < -0.39 is 41.4 Å². The molecule has 0 saturated heterocycles. The normalized spacial score (nSPS) is 15.4. The average Bonchev–Trinajstić information content (AvgIpc) is 2.11. The third-order valence-corrected chi connectivity index (χ3v) is 2.07. The summed E-state index contributed by atoms with van der Waals surface area (Å²) in [6.07, 6.45) is -7.28. The first-order valence-corrected chi connectivity index (χ1v) is 5.29. The molecule has 0 saturated carbocycles. The van der Waals surface area contributed by atoms with E-state index in [9.17, 15) is 35.5 Å². The van der Waals surface area contributed by atoms with E-state index in [4.69, 9.17) is 5.11 Å². The van der Waals surface area contributed by atoms with Crippen molar-refractivity contribution in [2.24, 2.45) is 5.41 Å². The third-order valence-electron chi connectivity index (χ3n) is 2.07. The van der Waals surface area contributed by atoms with Crippen molar-refractivity contribution in [3.8, 4) is 0 Å². The van der Waals surface area contributed by atoms with Gasteiger partial charge in [0, 0.05) is 12.5 Å². The van der Waals surface area contributed by atoms with Gasteiger partial charge in [-0.25, -0.2) is 0 Å². The van der Waals surface area contributed by atoms with Gasteiger partial charge in [-0.2, -0.15) is 30.7 Å². The lowest BCUT2D eigenvalue weighted by molar-refractivity contribution is -0.349. The van der Waals surface area contributed by atoms with E-state index >= 15 is 0 Å². The van der Waals surface area contributed by atoms with E-state index in [-0.39, 0.29) is 6.08 Å². The molecule has 9 heteroatoms. The number of halogens is 7. The fourth-order valence-corrected chi connectivity index (χ4v) is 1.16. The minimum atomic E-state index is -6.56. The summed E-state index contributed by atoms with van der Waals surface area (Å²) in [5.41, 5.74) is -0.713. The number of carbonyl (C=O) groups excluding carboxylic acids is 1. The Morgan fingerprint density at radius 1 is 1.00 bits per heavy atom. The molecule has 0 aromatic carbocycles. The summed E-state index contributed by atoms with van der Waals surface area (Å²) in [5, 5.41) is 8.75. The van der Waals surface area contributed by atoms with Crippen LogP contribution in [0.4, 0.5) is 30.7 Å². The number of allylic oxidation sites excluding steroid dienone is 2. The fourth-order valence-electron chi connectivity index (χ4n) is 1.16. The molecule has 2 nitrogen and oxygen atoms in total. The summed E-state index contributed by atoms with van der Waals surface area (Å²) >= 11 is 0. The summed E-state index contributed by atoms with van der Waals surface area (Å²) in [5.74, 6) is -16.2. The highest BCUT2D eigenvalue weighted by atomic mass is 19.4. The van der Waals surface area contributed by atoms with Crippen molar-refractivity contribution in [1.82, 2.24) is 0 Å². The van der Waals surface area contributed by atoms with Gasteiger partial charge in [0.2, 0.25) is 0 Å². The van der Waals surface area contributed by atoms with Gasteiger partial charge in [0.25, 0.3) is 0 Å². The molecule has 118 valence electrons. The van der Waals surface area contributed by atoms with Gasteiger partial charge in [0.15, 0.2) is 11.5 Å². The van der Waals surface area contributed by atoms with Crippen LogP contribution in [-0.2, 0) is 4.79 Å². The summed E-state index contributed by atoms with van der Waals surface area (Å²) in [7, 11) is 0. The third kappa shape index (κ3) is 4.11. The van der Waals surface area contributed by atoms with Crippen LogP contribution in [0.5, 0.6) is 0 Å². The molecule has 1 N–H and O–H groups in total. The molecular formula is C11H13F7O2. The van der Waals surface area contributed by atoms with Crippen molar-refractivity contribution >= 4 is 5.78 Å². The van der Waals surface area contributed by atoms with Crippen LogP contribution in [0.2, 0.25) is 0 Å². The zero-order valence-corrected chi connectivity index (χ0v) is 10.8. The SMILES string of the molecule is CC(C)(C)CC(=O)/C=C(\O)C(F)(F)C(F)(F)C(F)(F)F. The summed E-state index contributed by atoms with van der Waals surface area (Å²) in [6, 6.07) is 0. The van der Waals surface area contributed by atoms with Crippen molar-refractivity contribution in [3.63, 3.8) is 0 Å². The lowest BCUT2D eigenvalue weighted by Crippen LogP contribution is -2.53. The Bertz CT molecular complexity index is 402. The van der Waals surface area contributed by atoms with E-state index in [1.54, 1.807) is 0 Å². The zero-order chi connectivity index (χ0) is 16.6. The van der Waals surface area contributed by atoms with E-state index in [0.717, 1.165) is 0 Å². The number of hydrogen-bond donors (Lipinski definition) is 1. The van der Waals surface area contributed by atoms with Crippen LogP contribution in [0.25, 0.3) is 0 Å². The van der Waals surface area contributed by atoms with Crippen molar-refractivity contribution in [2.45, 2.75) is 45.2 Å². The van der Waals surface area contributed by atoms with Crippen molar-refractivity contribution in [2.75, 3.05) is 0 Å². The lowest BCUT2D eigenvalue weighted by Gasteiger charge is -2.27.